The second kappa shape index (κ2) is 5.73. The van der Waals surface area contributed by atoms with Gasteiger partial charge in [0.1, 0.15) is 5.69 Å². The van der Waals surface area contributed by atoms with Gasteiger partial charge in [0.2, 0.25) is 5.91 Å². The van der Waals surface area contributed by atoms with Crippen LogP contribution in [0.15, 0.2) is 18.2 Å². The summed E-state index contributed by atoms with van der Waals surface area (Å²) in [7, 11) is 0. The summed E-state index contributed by atoms with van der Waals surface area (Å²) >= 11 is 11.2. The summed E-state index contributed by atoms with van der Waals surface area (Å²) in [5.74, 6) is -0.617. The van der Waals surface area contributed by atoms with E-state index in [-0.39, 0.29) is 21.9 Å². The average molecular weight is 351 g/mol. The third-order valence-electron chi connectivity index (χ3n) is 2.73. The molecular weight excluding hydrogens is 344 g/mol. The van der Waals surface area contributed by atoms with Crippen LogP contribution in [0.4, 0.5) is 18.9 Å². The van der Waals surface area contributed by atoms with E-state index in [0.29, 0.717) is 0 Å². The number of alkyl halides is 3. The van der Waals surface area contributed by atoms with Gasteiger partial charge in [-0.3, -0.25) is 9.59 Å². The van der Waals surface area contributed by atoms with Gasteiger partial charge in [-0.05, 0) is 29.8 Å². The van der Waals surface area contributed by atoms with Crippen LogP contribution in [-0.2, 0) is 11.0 Å². The van der Waals surface area contributed by atoms with E-state index in [1.165, 1.54) is 0 Å². The molecule has 0 aliphatic rings. The molecule has 0 saturated heterocycles. The summed E-state index contributed by atoms with van der Waals surface area (Å²) in [6, 6.07) is 2.77. The van der Waals surface area contributed by atoms with Crippen molar-refractivity contribution in [1.82, 2.24) is 4.98 Å². The van der Waals surface area contributed by atoms with E-state index in [1.807, 2.05) is 0 Å². The van der Waals surface area contributed by atoms with Gasteiger partial charge in [0, 0.05) is 12.3 Å². The number of amides is 1. The summed E-state index contributed by atoms with van der Waals surface area (Å²) in [6.45, 7) is 1.12. The number of nitrogens with one attached hydrogen (secondary N) is 1. The van der Waals surface area contributed by atoms with Gasteiger partial charge in [0.05, 0.1) is 21.8 Å². The van der Waals surface area contributed by atoms with Crippen LogP contribution in [0.1, 0.15) is 23.0 Å². The Hall–Kier alpha value is -1.86. The molecule has 1 heterocycles. The molecule has 0 unspecified atom stereocenters. The number of hydrogen-bond acceptors (Lipinski definition) is 3. The highest BCUT2D eigenvalue weighted by atomic mass is 35.5. The van der Waals surface area contributed by atoms with E-state index in [9.17, 15) is 22.8 Å². The lowest BCUT2D eigenvalue weighted by Crippen LogP contribution is -2.12. The van der Waals surface area contributed by atoms with E-state index in [4.69, 9.17) is 23.2 Å². The van der Waals surface area contributed by atoms with Gasteiger partial charge < -0.3 is 5.32 Å². The maximum absolute atomic E-state index is 13.1. The molecular formula is C13H7Cl2F3N2O2. The first-order valence-electron chi connectivity index (χ1n) is 5.79. The highest BCUT2D eigenvalue weighted by Crippen LogP contribution is 2.40. The molecule has 116 valence electrons. The molecule has 2 aromatic rings. The molecule has 0 radical (unpaired) electrons. The van der Waals surface area contributed by atoms with Gasteiger partial charge >= 0.3 is 6.18 Å². The Kier molecular flexibility index (Phi) is 4.30. The largest absolute Gasteiger partial charge is 0.417 e. The van der Waals surface area contributed by atoms with Gasteiger partial charge in [-0.2, -0.15) is 13.2 Å². The van der Waals surface area contributed by atoms with E-state index in [1.54, 1.807) is 0 Å². The fourth-order valence-electron chi connectivity index (χ4n) is 1.93. The Morgan fingerprint density at radius 2 is 1.91 bits per heavy atom. The number of anilines is 1. The number of pyridine rings is 1. The van der Waals surface area contributed by atoms with E-state index < -0.39 is 28.3 Å². The number of carbonyl (C=O) groups excluding carboxylic acids is 2. The molecule has 2 rings (SSSR count). The fraction of sp³-hybridized carbons (Fsp3) is 0.154. The Bertz CT molecular complexity index is 791. The lowest BCUT2D eigenvalue weighted by atomic mass is 10.0. The third-order valence-corrected chi connectivity index (χ3v) is 3.23. The molecule has 1 amide bonds. The molecule has 1 aromatic heterocycles. The van der Waals surface area contributed by atoms with E-state index in [2.05, 4.69) is 10.3 Å². The molecule has 1 aromatic carbocycles. The predicted molar refractivity (Wildman–Crippen MR) is 76.2 cm³/mol. The number of aromatic nitrogens is 1. The summed E-state index contributed by atoms with van der Waals surface area (Å²) in [5.41, 5.74) is -1.86. The van der Waals surface area contributed by atoms with Crippen LogP contribution in [0, 0.1) is 0 Å². The molecule has 0 aliphatic carbocycles. The monoisotopic (exact) mass is 350 g/mol. The molecule has 0 spiro atoms. The van der Waals surface area contributed by atoms with Gasteiger partial charge in [0.25, 0.3) is 5.24 Å². The van der Waals surface area contributed by atoms with Crippen LogP contribution in [0.2, 0.25) is 5.02 Å². The molecule has 22 heavy (non-hydrogen) atoms. The van der Waals surface area contributed by atoms with Crippen molar-refractivity contribution in [2.75, 3.05) is 5.32 Å². The second-order valence-electron chi connectivity index (χ2n) is 4.33. The van der Waals surface area contributed by atoms with E-state index >= 15 is 0 Å². The predicted octanol–water partition coefficient (Wildman–Crippen LogP) is 4.24. The zero-order valence-electron chi connectivity index (χ0n) is 10.9. The highest BCUT2D eigenvalue weighted by molar-refractivity contribution is 6.67. The van der Waals surface area contributed by atoms with Crippen LogP contribution in [0.5, 0.6) is 0 Å². The van der Waals surface area contributed by atoms with Crippen LogP contribution in [0.25, 0.3) is 10.9 Å². The smallest absolute Gasteiger partial charge is 0.326 e. The van der Waals surface area contributed by atoms with Crippen molar-refractivity contribution in [3.8, 4) is 0 Å². The standard InChI is InChI=1S/C13H7Cl2F3N2O2/c1-5(21)19-8-4-9(12(15)22)20-11-7(14)3-2-6(10(8)11)13(16,17)18/h2-4H,1H3,(H,19,20,21). The number of nitrogens with zero attached hydrogens (tertiary/aromatic N) is 1. The Morgan fingerprint density at radius 1 is 1.27 bits per heavy atom. The maximum atomic E-state index is 13.1. The minimum atomic E-state index is -4.69. The molecule has 9 heteroatoms. The molecule has 0 saturated carbocycles. The van der Waals surface area contributed by atoms with Crippen LogP contribution < -0.4 is 5.32 Å². The van der Waals surface area contributed by atoms with Crippen molar-refractivity contribution in [3.05, 3.63) is 34.5 Å². The number of rotatable bonds is 2. The quantitative estimate of drug-likeness (QED) is 0.824. The lowest BCUT2D eigenvalue weighted by molar-refractivity contribution is -0.136. The Morgan fingerprint density at radius 3 is 2.41 bits per heavy atom. The van der Waals surface area contributed by atoms with E-state index in [0.717, 1.165) is 25.1 Å². The minimum absolute atomic E-state index is 0.102. The highest BCUT2D eigenvalue weighted by Gasteiger charge is 2.34. The summed E-state index contributed by atoms with van der Waals surface area (Å²) < 4.78 is 39.4. The molecule has 4 nitrogen and oxygen atoms in total. The van der Waals surface area contributed by atoms with Crippen LogP contribution in [0.3, 0.4) is 0 Å². The number of fused-ring (bicyclic) bond motifs is 1. The van der Waals surface area contributed by atoms with Gasteiger partial charge in [0.15, 0.2) is 0 Å². The van der Waals surface area contributed by atoms with Crippen molar-refractivity contribution in [2.45, 2.75) is 13.1 Å². The van der Waals surface area contributed by atoms with Gasteiger partial charge in [-0.15, -0.1) is 0 Å². The van der Waals surface area contributed by atoms with Crippen molar-refractivity contribution >= 4 is 50.9 Å². The van der Waals surface area contributed by atoms with Crippen molar-refractivity contribution < 1.29 is 22.8 Å². The number of halogens is 5. The van der Waals surface area contributed by atoms with Crippen LogP contribution >= 0.6 is 23.2 Å². The minimum Gasteiger partial charge on any atom is -0.326 e. The number of carbonyl (C=O) groups is 2. The maximum Gasteiger partial charge on any atom is 0.417 e. The molecule has 0 aliphatic heterocycles. The molecule has 0 fully saturated rings. The normalized spacial score (nSPS) is 11.5. The average Bonchev–Trinajstić information content (AvgIpc) is 2.37. The van der Waals surface area contributed by atoms with Crippen LogP contribution in [-0.4, -0.2) is 16.1 Å². The fourth-order valence-corrected chi connectivity index (χ4v) is 2.23. The summed E-state index contributed by atoms with van der Waals surface area (Å²) in [5, 5.41) is 0.742. The SMILES string of the molecule is CC(=O)Nc1cc(C(=O)Cl)nc2c(Cl)ccc(C(F)(F)F)c12. The first kappa shape index (κ1) is 16.5. The topological polar surface area (TPSA) is 59.1 Å². The first-order chi connectivity index (χ1) is 10.1. The first-order valence-corrected chi connectivity index (χ1v) is 6.54. The van der Waals surface area contributed by atoms with Crippen molar-refractivity contribution in [1.29, 1.82) is 0 Å². The Labute approximate surface area is 132 Å². The lowest BCUT2D eigenvalue weighted by Gasteiger charge is -2.15. The zero-order valence-corrected chi connectivity index (χ0v) is 12.4. The zero-order chi connectivity index (χ0) is 16.7. The Balaban J connectivity index is 2.94. The summed E-state index contributed by atoms with van der Waals surface area (Å²) in [6.07, 6.45) is -4.69. The van der Waals surface area contributed by atoms with Gasteiger partial charge in [-0.25, -0.2) is 4.98 Å². The molecule has 0 atom stereocenters. The third kappa shape index (κ3) is 3.15. The number of hydrogen-bond donors (Lipinski definition) is 1. The second-order valence-corrected chi connectivity index (χ2v) is 5.08. The molecule has 0 bridgehead atoms. The van der Waals surface area contributed by atoms with Crippen molar-refractivity contribution in [2.24, 2.45) is 0 Å². The summed E-state index contributed by atoms with van der Waals surface area (Å²) in [4.78, 5) is 26.2. The van der Waals surface area contributed by atoms with Crippen molar-refractivity contribution in [3.63, 3.8) is 0 Å². The number of benzene rings is 1. The van der Waals surface area contributed by atoms with Gasteiger partial charge in [-0.1, -0.05) is 11.6 Å². The molecule has 1 N–H and O–H groups in total.